The minimum Gasteiger partial charge on any atom is -0.370 e. The third-order valence-electron chi connectivity index (χ3n) is 10.5. The highest BCUT2D eigenvalue weighted by atomic mass is 16.2. The Labute approximate surface area is 177 Å². The highest BCUT2D eigenvalue weighted by molar-refractivity contribution is 5.77. The summed E-state index contributed by atoms with van der Waals surface area (Å²) in [6.07, 6.45) is 9.76. The molecule has 2 N–H and O–H groups in total. The number of rotatable bonds is 4. The second-order valence-electron chi connectivity index (χ2n) is 11.7. The Morgan fingerprint density at radius 2 is 1.86 bits per heavy atom. The van der Waals surface area contributed by atoms with E-state index in [4.69, 9.17) is 5.73 Å². The Morgan fingerprint density at radius 3 is 2.55 bits per heavy atom. The maximum atomic E-state index is 12.4. The zero-order valence-electron chi connectivity index (χ0n) is 19.2. The van der Waals surface area contributed by atoms with Crippen LogP contribution in [0.4, 0.5) is 0 Å². The molecule has 1 unspecified atom stereocenters. The molecule has 0 radical (unpaired) electrons. The first kappa shape index (κ1) is 21.2. The summed E-state index contributed by atoms with van der Waals surface area (Å²) in [6.45, 7) is 9.91. The number of piperidine rings is 1. The maximum Gasteiger partial charge on any atom is 0.222 e. The van der Waals surface area contributed by atoms with Gasteiger partial charge in [-0.25, -0.2) is 0 Å². The fraction of sp³-hybridized carbons (Fsp3) is 0.920. The van der Waals surface area contributed by atoms with Crippen LogP contribution in [0.2, 0.25) is 0 Å². The molecule has 0 aromatic rings. The fourth-order valence-electron chi connectivity index (χ4n) is 9.01. The van der Waals surface area contributed by atoms with E-state index in [1.165, 1.54) is 32.1 Å². The van der Waals surface area contributed by atoms with E-state index in [0.717, 1.165) is 42.9 Å². The predicted octanol–water partition coefficient (Wildman–Crippen LogP) is 4.61. The zero-order chi connectivity index (χ0) is 21.1. The van der Waals surface area contributed by atoms with Crippen molar-refractivity contribution in [2.24, 2.45) is 52.1 Å². The molecule has 0 bridgehead atoms. The van der Waals surface area contributed by atoms with Crippen molar-refractivity contribution < 1.29 is 9.59 Å². The van der Waals surface area contributed by atoms with Crippen molar-refractivity contribution in [1.82, 2.24) is 4.90 Å². The lowest BCUT2D eigenvalue weighted by atomic mass is 9.44. The molecule has 1 aliphatic heterocycles. The van der Waals surface area contributed by atoms with E-state index in [1.54, 1.807) is 0 Å². The molecule has 1 saturated heterocycles. The minimum absolute atomic E-state index is 0.156. The molecule has 4 nitrogen and oxygen atoms in total. The molecule has 9 atom stereocenters. The number of hydrogen-bond donors (Lipinski definition) is 1. The van der Waals surface area contributed by atoms with Crippen LogP contribution in [-0.2, 0) is 9.59 Å². The topological polar surface area (TPSA) is 63.4 Å². The van der Waals surface area contributed by atoms with Gasteiger partial charge in [-0.2, -0.15) is 0 Å². The Hall–Kier alpha value is -1.06. The molecule has 1 heterocycles. The lowest BCUT2D eigenvalue weighted by Crippen LogP contribution is -2.63. The number of hydrogen-bond acceptors (Lipinski definition) is 2. The number of nitrogens with two attached hydrogens (primary N) is 1. The van der Waals surface area contributed by atoms with E-state index < -0.39 is 0 Å². The van der Waals surface area contributed by atoms with E-state index in [9.17, 15) is 9.59 Å². The molecule has 0 aromatic carbocycles. The van der Waals surface area contributed by atoms with Crippen molar-refractivity contribution in [1.29, 1.82) is 0 Å². The van der Waals surface area contributed by atoms with E-state index in [-0.39, 0.29) is 11.3 Å². The van der Waals surface area contributed by atoms with Crippen LogP contribution in [0.1, 0.15) is 85.5 Å². The third-order valence-corrected chi connectivity index (χ3v) is 10.5. The SMILES string of the molecule is CC1C[C@H]2N(C)C(=O)CC[C@]2(C)[C@H]2CC[C@]3(C)[C@@H]([C@H](C)CCC(N)=O)CC[C@H]3[C@H]12. The average molecular weight is 403 g/mol. The van der Waals surface area contributed by atoms with E-state index in [0.29, 0.717) is 35.6 Å². The molecule has 4 aliphatic rings. The van der Waals surface area contributed by atoms with E-state index in [1.807, 2.05) is 0 Å². The number of likely N-dealkylation sites (tertiary alicyclic amines) is 1. The zero-order valence-corrected chi connectivity index (χ0v) is 19.2. The molecular weight excluding hydrogens is 360 g/mol. The second kappa shape index (κ2) is 7.27. The monoisotopic (exact) mass is 402 g/mol. The Kier molecular flexibility index (Phi) is 5.31. The Bertz CT molecular complexity index is 678. The molecule has 164 valence electrons. The molecule has 0 spiro atoms. The van der Waals surface area contributed by atoms with Crippen LogP contribution >= 0.6 is 0 Å². The van der Waals surface area contributed by atoms with Gasteiger partial charge in [0.1, 0.15) is 0 Å². The van der Waals surface area contributed by atoms with Crippen LogP contribution in [0.3, 0.4) is 0 Å². The van der Waals surface area contributed by atoms with Crippen molar-refractivity contribution in [2.45, 2.75) is 91.5 Å². The highest BCUT2D eigenvalue weighted by Gasteiger charge is 2.63. The van der Waals surface area contributed by atoms with Crippen LogP contribution in [0.15, 0.2) is 0 Å². The Morgan fingerprint density at radius 1 is 1.17 bits per heavy atom. The van der Waals surface area contributed by atoms with Gasteiger partial charge in [0, 0.05) is 25.9 Å². The van der Waals surface area contributed by atoms with Gasteiger partial charge in [-0.3, -0.25) is 9.59 Å². The predicted molar refractivity (Wildman–Crippen MR) is 116 cm³/mol. The number of primary amides is 1. The lowest BCUT2D eigenvalue weighted by molar-refractivity contribution is -0.167. The summed E-state index contributed by atoms with van der Waals surface area (Å²) in [7, 11) is 2.05. The number of carbonyl (C=O) groups is 2. The largest absolute Gasteiger partial charge is 0.370 e. The summed E-state index contributed by atoms with van der Waals surface area (Å²) >= 11 is 0. The summed E-state index contributed by atoms with van der Waals surface area (Å²) in [5, 5.41) is 0. The molecular formula is C25H42N2O2. The second-order valence-corrected chi connectivity index (χ2v) is 11.7. The van der Waals surface area contributed by atoms with Crippen LogP contribution < -0.4 is 5.73 Å². The average Bonchev–Trinajstić information content (AvgIpc) is 3.02. The standard InChI is InChI=1S/C25H42N2O2/c1-15(6-9-21(26)28)17-7-8-18-23-16(2)14-20-25(4,13-11-22(29)27(20)5)19(23)10-12-24(17,18)3/h15-20,23H,6-14H2,1-5H3,(H2,26,28)/t15-,16?,17-,18+,19+,20-,23+,24-,25-/m1/s1. The fourth-order valence-corrected chi connectivity index (χ4v) is 9.01. The van der Waals surface area contributed by atoms with Gasteiger partial charge in [0.15, 0.2) is 0 Å². The summed E-state index contributed by atoms with van der Waals surface area (Å²) < 4.78 is 0. The first-order chi connectivity index (χ1) is 13.6. The Balaban J connectivity index is 1.58. The summed E-state index contributed by atoms with van der Waals surface area (Å²) in [5.74, 6) is 4.54. The summed E-state index contributed by atoms with van der Waals surface area (Å²) in [4.78, 5) is 25.8. The molecule has 29 heavy (non-hydrogen) atoms. The third kappa shape index (κ3) is 3.15. The van der Waals surface area contributed by atoms with Crippen LogP contribution in [0, 0.1) is 46.3 Å². The van der Waals surface area contributed by atoms with Crippen molar-refractivity contribution in [3.8, 4) is 0 Å². The van der Waals surface area contributed by atoms with Gasteiger partial charge in [-0.15, -0.1) is 0 Å². The first-order valence-electron chi connectivity index (χ1n) is 12.1. The summed E-state index contributed by atoms with van der Waals surface area (Å²) in [5.41, 5.74) is 6.14. The molecule has 4 fully saturated rings. The van der Waals surface area contributed by atoms with Gasteiger partial charge in [0.05, 0.1) is 0 Å². The molecule has 0 aromatic heterocycles. The van der Waals surface area contributed by atoms with Crippen LogP contribution in [-0.4, -0.2) is 29.8 Å². The molecule has 3 saturated carbocycles. The number of amides is 2. The molecule has 3 aliphatic carbocycles. The summed E-state index contributed by atoms with van der Waals surface area (Å²) in [6, 6.07) is 0.427. The maximum absolute atomic E-state index is 12.4. The molecule has 2 amide bonds. The molecule has 4 heteroatoms. The van der Waals surface area contributed by atoms with E-state index >= 15 is 0 Å². The number of nitrogens with zero attached hydrogens (tertiary/aromatic N) is 1. The van der Waals surface area contributed by atoms with Crippen molar-refractivity contribution >= 4 is 11.8 Å². The van der Waals surface area contributed by atoms with Crippen molar-refractivity contribution in [3.05, 3.63) is 0 Å². The van der Waals surface area contributed by atoms with Crippen molar-refractivity contribution in [2.75, 3.05) is 7.05 Å². The van der Waals surface area contributed by atoms with Gasteiger partial charge in [0.25, 0.3) is 0 Å². The number of carbonyl (C=O) groups excluding carboxylic acids is 2. The van der Waals surface area contributed by atoms with Crippen LogP contribution in [0.25, 0.3) is 0 Å². The lowest BCUT2D eigenvalue weighted by Gasteiger charge is -2.64. The van der Waals surface area contributed by atoms with Crippen LogP contribution in [0.5, 0.6) is 0 Å². The van der Waals surface area contributed by atoms with E-state index in [2.05, 4.69) is 39.6 Å². The van der Waals surface area contributed by atoms with Gasteiger partial charge in [0.2, 0.25) is 11.8 Å². The highest BCUT2D eigenvalue weighted by Crippen LogP contribution is 2.68. The normalized spacial score (nSPS) is 47.9. The first-order valence-corrected chi connectivity index (χ1v) is 12.1. The molecule has 4 rings (SSSR count). The van der Waals surface area contributed by atoms with Gasteiger partial charge in [-0.1, -0.05) is 27.7 Å². The van der Waals surface area contributed by atoms with Gasteiger partial charge >= 0.3 is 0 Å². The number of fused-ring (bicyclic) bond motifs is 5. The minimum atomic E-state index is -0.156. The van der Waals surface area contributed by atoms with Crippen molar-refractivity contribution in [3.63, 3.8) is 0 Å². The quantitative estimate of drug-likeness (QED) is 0.746. The van der Waals surface area contributed by atoms with Gasteiger partial charge < -0.3 is 10.6 Å². The smallest absolute Gasteiger partial charge is 0.222 e. The van der Waals surface area contributed by atoms with Gasteiger partial charge in [-0.05, 0) is 91.3 Å².